The Morgan fingerprint density at radius 2 is 1.73 bits per heavy atom. The number of carbonyl (C=O) groups excluding carboxylic acids is 1. The molecule has 0 aliphatic heterocycles. The number of ether oxygens (including phenoxy) is 1. The summed E-state index contributed by atoms with van der Waals surface area (Å²) >= 11 is 0. The molecule has 0 amide bonds. The first-order chi connectivity index (χ1) is 4.79. The second-order valence-corrected chi connectivity index (χ2v) is 2.78. The van der Waals surface area contributed by atoms with E-state index >= 15 is 0 Å². The first-order valence-corrected chi connectivity index (χ1v) is 3.00. The smallest absolute Gasteiger partial charge is 0.293 e. The van der Waals surface area contributed by atoms with Gasteiger partial charge in [-0.2, -0.15) is 0 Å². The van der Waals surface area contributed by atoms with E-state index in [1.54, 1.807) is 0 Å². The minimum absolute atomic E-state index is 0.318. The molecule has 0 saturated heterocycles. The van der Waals surface area contributed by atoms with Gasteiger partial charge in [-0.05, 0) is 20.8 Å². The quantitative estimate of drug-likeness (QED) is 0.281. The maximum atomic E-state index is 9.60. The topological polar surface area (TPSA) is 102 Å². The van der Waals surface area contributed by atoms with Crippen LogP contribution in [0.1, 0.15) is 20.8 Å². The van der Waals surface area contributed by atoms with Crippen molar-refractivity contribution in [1.29, 1.82) is 5.41 Å². The second kappa shape index (κ2) is 5.52. The highest BCUT2D eigenvalue weighted by Crippen LogP contribution is 2.02. The van der Waals surface area contributed by atoms with Crippen LogP contribution in [0.2, 0.25) is 0 Å². The van der Waals surface area contributed by atoms with Crippen LogP contribution in [0.15, 0.2) is 0 Å². The van der Waals surface area contributed by atoms with Crippen LogP contribution in [0.25, 0.3) is 0 Å². The summed E-state index contributed by atoms with van der Waals surface area (Å²) < 4.78 is 4.55. The molecule has 0 atom stereocenters. The third-order valence-electron chi connectivity index (χ3n) is 0.402. The first-order valence-electron chi connectivity index (χ1n) is 3.00. The Bertz CT molecular complexity index is 124. The van der Waals surface area contributed by atoms with Gasteiger partial charge in [0.1, 0.15) is 5.60 Å². The Hall–Kier alpha value is -1.26. The Balaban J connectivity index is 0. The summed E-state index contributed by atoms with van der Waals surface area (Å²) in [5, 5.41) is 6.06. The van der Waals surface area contributed by atoms with Gasteiger partial charge in [-0.1, -0.05) is 0 Å². The van der Waals surface area contributed by atoms with Crippen molar-refractivity contribution < 1.29 is 9.53 Å². The van der Waals surface area contributed by atoms with Crippen molar-refractivity contribution in [1.82, 2.24) is 0 Å². The lowest BCUT2D eigenvalue weighted by Gasteiger charge is -2.14. The highest BCUT2D eigenvalue weighted by atomic mass is 16.5. The van der Waals surface area contributed by atoms with Crippen LogP contribution in [-0.4, -0.2) is 18.0 Å². The summed E-state index contributed by atoms with van der Waals surface area (Å²) in [5.41, 5.74) is 8.63. The van der Waals surface area contributed by atoms with E-state index in [0.29, 0.717) is 6.47 Å². The number of guanidine groups is 1. The molecule has 11 heavy (non-hydrogen) atoms. The molecule has 0 aromatic heterocycles. The molecule has 0 rings (SSSR count). The molecule has 0 unspecified atom stereocenters. The largest absolute Gasteiger partial charge is 0.462 e. The lowest BCUT2D eigenvalue weighted by Crippen LogP contribution is -2.20. The fourth-order valence-corrected chi connectivity index (χ4v) is 0.144. The van der Waals surface area contributed by atoms with Crippen LogP contribution in [-0.2, 0) is 9.53 Å². The van der Waals surface area contributed by atoms with Crippen LogP contribution in [0.5, 0.6) is 0 Å². The van der Waals surface area contributed by atoms with E-state index in [9.17, 15) is 4.79 Å². The predicted molar refractivity (Wildman–Crippen MR) is 43.0 cm³/mol. The van der Waals surface area contributed by atoms with E-state index in [2.05, 4.69) is 16.2 Å². The summed E-state index contributed by atoms with van der Waals surface area (Å²) in [4.78, 5) is 9.60. The standard InChI is InChI=1S/C5H10O2.CH5N3/c1-5(2,3)7-4-6;2-1(3)4/h4H,1-3H3;(H5,2,3,4). The SMILES string of the molecule is CC(C)(C)OC=O.N=C(N)N. The first kappa shape index (κ1) is 12.4. The minimum Gasteiger partial charge on any atom is -0.462 e. The second-order valence-electron chi connectivity index (χ2n) is 2.78. The lowest BCUT2D eigenvalue weighted by molar-refractivity contribution is -0.138. The van der Waals surface area contributed by atoms with E-state index in [1.165, 1.54) is 0 Å². The number of carbonyl (C=O) groups is 1. The molecule has 66 valence electrons. The van der Waals surface area contributed by atoms with Crippen LogP contribution < -0.4 is 11.5 Å². The third-order valence-corrected chi connectivity index (χ3v) is 0.402. The third kappa shape index (κ3) is 52.9. The van der Waals surface area contributed by atoms with Gasteiger partial charge in [0.15, 0.2) is 5.96 Å². The average Bonchev–Trinajstić information content (AvgIpc) is 1.58. The molecule has 0 aromatic rings. The Kier molecular flexibility index (Phi) is 6.23. The molecular weight excluding hydrogens is 146 g/mol. The van der Waals surface area contributed by atoms with Gasteiger partial charge in [-0.15, -0.1) is 0 Å². The number of nitrogens with one attached hydrogen (secondary N) is 1. The molecule has 0 spiro atoms. The molecule has 0 radical (unpaired) electrons. The van der Waals surface area contributed by atoms with Crippen molar-refractivity contribution in [3.63, 3.8) is 0 Å². The van der Waals surface area contributed by atoms with Gasteiger partial charge in [-0.3, -0.25) is 10.2 Å². The Morgan fingerprint density at radius 3 is 1.73 bits per heavy atom. The summed E-state index contributed by atoms with van der Waals surface area (Å²) in [7, 11) is 0. The van der Waals surface area contributed by atoms with Gasteiger partial charge in [0.2, 0.25) is 0 Å². The number of hydrogen-bond acceptors (Lipinski definition) is 3. The molecule has 0 heterocycles. The Morgan fingerprint density at radius 1 is 1.45 bits per heavy atom. The van der Waals surface area contributed by atoms with E-state index < -0.39 is 0 Å². The van der Waals surface area contributed by atoms with Gasteiger partial charge in [-0.25, -0.2) is 0 Å². The van der Waals surface area contributed by atoms with Crippen molar-refractivity contribution in [2.45, 2.75) is 26.4 Å². The van der Waals surface area contributed by atoms with Crippen LogP contribution in [0, 0.1) is 5.41 Å². The number of nitrogens with two attached hydrogens (primary N) is 2. The zero-order valence-electron chi connectivity index (χ0n) is 7.05. The van der Waals surface area contributed by atoms with E-state index in [4.69, 9.17) is 5.41 Å². The Labute approximate surface area is 66.2 Å². The van der Waals surface area contributed by atoms with Gasteiger partial charge in [0, 0.05) is 0 Å². The summed E-state index contributed by atoms with van der Waals surface area (Å²) in [6, 6.07) is 0. The van der Waals surface area contributed by atoms with Crippen molar-refractivity contribution in [3.05, 3.63) is 0 Å². The zero-order valence-corrected chi connectivity index (χ0v) is 7.05. The molecule has 0 fully saturated rings. The van der Waals surface area contributed by atoms with Gasteiger partial charge in [0.05, 0.1) is 0 Å². The summed E-state index contributed by atoms with van der Waals surface area (Å²) in [6.45, 7) is 5.92. The van der Waals surface area contributed by atoms with E-state index in [0.717, 1.165) is 0 Å². The molecule has 5 nitrogen and oxygen atoms in total. The lowest BCUT2D eigenvalue weighted by atomic mass is 10.2. The molecule has 0 aliphatic rings. The zero-order chi connectivity index (χ0) is 9.49. The van der Waals surface area contributed by atoms with Crippen LogP contribution in [0.3, 0.4) is 0 Å². The van der Waals surface area contributed by atoms with Crippen LogP contribution >= 0.6 is 0 Å². The fourth-order valence-electron chi connectivity index (χ4n) is 0.144. The molecule has 0 aromatic carbocycles. The molecule has 5 N–H and O–H groups in total. The molecule has 5 heteroatoms. The van der Waals surface area contributed by atoms with Crippen LogP contribution in [0.4, 0.5) is 0 Å². The summed E-state index contributed by atoms with van der Waals surface area (Å²) in [5.74, 6) is -0.333. The van der Waals surface area contributed by atoms with Gasteiger partial charge >= 0.3 is 0 Å². The molecule has 0 bridgehead atoms. The van der Waals surface area contributed by atoms with Gasteiger partial charge in [0.25, 0.3) is 6.47 Å². The van der Waals surface area contributed by atoms with Crippen molar-refractivity contribution in [3.8, 4) is 0 Å². The minimum atomic E-state index is -0.333. The fraction of sp³-hybridized carbons (Fsp3) is 0.667. The van der Waals surface area contributed by atoms with Crippen molar-refractivity contribution in [2.75, 3.05) is 0 Å². The normalized spacial score (nSPS) is 9.00. The highest BCUT2D eigenvalue weighted by molar-refractivity contribution is 5.71. The molecule has 0 aliphatic carbocycles. The maximum Gasteiger partial charge on any atom is 0.293 e. The average molecular weight is 161 g/mol. The predicted octanol–water partition coefficient (Wildman–Crippen LogP) is -0.204. The monoisotopic (exact) mass is 161 g/mol. The highest BCUT2D eigenvalue weighted by Gasteiger charge is 2.07. The maximum absolute atomic E-state index is 9.60. The van der Waals surface area contributed by atoms with E-state index in [1.807, 2.05) is 20.8 Å². The molecular formula is C6H15N3O2. The van der Waals surface area contributed by atoms with Crippen molar-refractivity contribution in [2.24, 2.45) is 11.5 Å². The number of hydrogen-bond donors (Lipinski definition) is 3. The number of rotatable bonds is 1. The van der Waals surface area contributed by atoms with E-state index in [-0.39, 0.29) is 11.6 Å². The summed E-state index contributed by atoms with van der Waals surface area (Å²) in [6.07, 6.45) is 0. The van der Waals surface area contributed by atoms with Gasteiger partial charge < -0.3 is 16.2 Å². The molecule has 0 saturated carbocycles. The van der Waals surface area contributed by atoms with Crippen molar-refractivity contribution >= 4 is 12.4 Å².